The second kappa shape index (κ2) is 5.69. The van der Waals surface area contributed by atoms with Crippen LogP contribution in [0.3, 0.4) is 0 Å². The van der Waals surface area contributed by atoms with Gasteiger partial charge in [-0.15, -0.1) is 0 Å². The second-order valence-electron chi connectivity index (χ2n) is 4.50. The van der Waals surface area contributed by atoms with Gasteiger partial charge in [0, 0.05) is 22.3 Å². The third-order valence-corrected chi connectivity index (χ3v) is 3.98. The van der Waals surface area contributed by atoms with Gasteiger partial charge < -0.3 is 5.73 Å². The van der Waals surface area contributed by atoms with E-state index in [0.29, 0.717) is 0 Å². The molecule has 1 aliphatic heterocycles. The SMILES string of the molecule is Nc1cccc(Br)c1CN1CCCCCC1. The summed E-state index contributed by atoms with van der Waals surface area (Å²) in [6.07, 6.45) is 5.40. The summed E-state index contributed by atoms with van der Waals surface area (Å²) in [5, 5.41) is 0. The van der Waals surface area contributed by atoms with Gasteiger partial charge in [-0.3, -0.25) is 4.90 Å². The molecule has 0 atom stereocenters. The Kier molecular flexibility index (Phi) is 4.24. The highest BCUT2D eigenvalue weighted by Crippen LogP contribution is 2.25. The van der Waals surface area contributed by atoms with Gasteiger partial charge in [0.1, 0.15) is 0 Å². The molecule has 1 fully saturated rings. The fourth-order valence-electron chi connectivity index (χ4n) is 2.26. The van der Waals surface area contributed by atoms with Crippen LogP contribution in [0.1, 0.15) is 31.2 Å². The topological polar surface area (TPSA) is 29.3 Å². The lowest BCUT2D eigenvalue weighted by Gasteiger charge is -2.21. The molecule has 0 saturated carbocycles. The number of rotatable bonds is 2. The van der Waals surface area contributed by atoms with E-state index < -0.39 is 0 Å². The second-order valence-corrected chi connectivity index (χ2v) is 5.35. The molecule has 1 heterocycles. The number of anilines is 1. The molecular weight excluding hydrogens is 264 g/mol. The van der Waals surface area contributed by atoms with Gasteiger partial charge in [-0.1, -0.05) is 34.8 Å². The smallest absolute Gasteiger partial charge is 0.0371 e. The summed E-state index contributed by atoms with van der Waals surface area (Å²) in [6.45, 7) is 3.40. The van der Waals surface area contributed by atoms with Gasteiger partial charge in [0.15, 0.2) is 0 Å². The van der Waals surface area contributed by atoms with Crippen LogP contribution in [0.4, 0.5) is 5.69 Å². The van der Waals surface area contributed by atoms with Crippen molar-refractivity contribution in [3.8, 4) is 0 Å². The van der Waals surface area contributed by atoms with E-state index >= 15 is 0 Å². The van der Waals surface area contributed by atoms with E-state index in [0.717, 1.165) is 16.7 Å². The van der Waals surface area contributed by atoms with Crippen molar-refractivity contribution < 1.29 is 0 Å². The number of likely N-dealkylation sites (tertiary alicyclic amines) is 1. The van der Waals surface area contributed by atoms with Crippen LogP contribution in [0.2, 0.25) is 0 Å². The molecule has 2 nitrogen and oxygen atoms in total. The first-order chi connectivity index (χ1) is 7.77. The molecule has 3 heteroatoms. The number of hydrogen-bond donors (Lipinski definition) is 1. The average molecular weight is 283 g/mol. The first-order valence-electron chi connectivity index (χ1n) is 6.02. The molecule has 2 N–H and O–H groups in total. The van der Waals surface area contributed by atoms with E-state index in [2.05, 4.69) is 26.9 Å². The van der Waals surface area contributed by atoms with Gasteiger partial charge >= 0.3 is 0 Å². The number of nitrogen functional groups attached to an aromatic ring is 1. The molecule has 0 radical (unpaired) electrons. The van der Waals surface area contributed by atoms with Gasteiger partial charge in [0.25, 0.3) is 0 Å². The standard InChI is InChI=1S/C13H19BrN2/c14-12-6-5-7-13(15)11(12)10-16-8-3-1-2-4-9-16/h5-7H,1-4,8-10,15H2. The molecule has 0 unspecified atom stereocenters. The first kappa shape index (κ1) is 11.9. The van der Waals surface area contributed by atoms with Crippen molar-refractivity contribution in [1.82, 2.24) is 4.90 Å². The van der Waals surface area contributed by atoms with E-state index in [4.69, 9.17) is 5.73 Å². The van der Waals surface area contributed by atoms with Crippen LogP contribution in [0.15, 0.2) is 22.7 Å². The molecule has 88 valence electrons. The first-order valence-corrected chi connectivity index (χ1v) is 6.82. The number of nitrogens with zero attached hydrogens (tertiary/aromatic N) is 1. The van der Waals surface area contributed by atoms with Crippen LogP contribution < -0.4 is 5.73 Å². The van der Waals surface area contributed by atoms with E-state index in [-0.39, 0.29) is 0 Å². The van der Waals surface area contributed by atoms with Gasteiger partial charge in [-0.05, 0) is 38.1 Å². The van der Waals surface area contributed by atoms with E-state index in [1.165, 1.54) is 44.3 Å². The highest BCUT2D eigenvalue weighted by atomic mass is 79.9. The third-order valence-electron chi connectivity index (χ3n) is 3.24. The monoisotopic (exact) mass is 282 g/mol. The zero-order chi connectivity index (χ0) is 11.4. The lowest BCUT2D eigenvalue weighted by molar-refractivity contribution is 0.277. The summed E-state index contributed by atoms with van der Waals surface area (Å²) in [7, 11) is 0. The van der Waals surface area contributed by atoms with Crippen LogP contribution in [0, 0.1) is 0 Å². The van der Waals surface area contributed by atoms with Crippen LogP contribution in [0.5, 0.6) is 0 Å². The maximum Gasteiger partial charge on any atom is 0.0371 e. The molecular formula is C13H19BrN2. The Bertz CT molecular complexity index is 324. The van der Waals surface area contributed by atoms with Crippen molar-refractivity contribution in [3.63, 3.8) is 0 Å². The molecule has 0 aliphatic carbocycles. The predicted octanol–water partition coefficient (Wildman–Crippen LogP) is 3.41. The zero-order valence-electron chi connectivity index (χ0n) is 9.58. The van der Waals surface area contributed by atoms with Crippen LogP contribution in [-0.2, 0) is 6.54 Å². The average Bonchev–Trinajstić information content (AvgIpc) is 2.52. The number of halogens is 1. The largest absolute Gasteiger partial charge is 0.398 e. The highest BCUT2D eigenvalue weighted by Gasteiger charge is 2.12. The molecule has 16 heavy (non-hydrogen) atoms. The molecule has 0 aromatic heterocycles. The Morgan fingerprint density at radius 3 is 2.44 bits per heavy atom. The fourth-order valence-corrected chi connectivity index (χ4v) is 2.77. The number of hydrogen-bond acceptors (Lipinski definition) is 2. The molecule has 1 aromatic carbocycles. The number of nitrogens with two attached hydrogens (primary N) is 1. The number of benzene rings is 1. The van der Waals surface area contributed by atoms with Crippen molar-refractivity contribution >= 4 is 21.6 Å². The minimum atomic E-state index is 0.902. The summed E-state index contributed by atoms with van der Waals surface area (Å²) in [5.74, 6) is 0. The van der Waals surface area contributed by atoms with E-state index in [1.807, 2.05) is 12.1 Å². The maximum atomic E-state index is 6.02. The Balaban J connectivity index is 2.07. The summed E-state index contributed by atoms with van der Waals surface area (Å²) < 4.78 is 1.14. The van der Waals surface area contributed by atoms with Gasteiger partial charge in [-0.2, -0.15) is 0 Å². The Morgan fingerprint density at radius 2 is 1.81 bits per heavy atom. The predicted molar refractivity (Wildman–Crippen MR) is 72.3 cm³/mol. The summed E-state index contributed by atoms with van der Waals surface area (Å²) >= 11 is 3.59. The maximum absolute atomic E-state index is 6.02. The van der Waals surface area contributed by atoms with Gasteiger partial charge in [0.2, 0.25) is 0 Å². The minimum Gasteiger partial charge on any atom is -0.398 e. The van der Waals surface area contributed by atoms with Crippen LogP contribution in [0.25, 0.3) is 0 Å². The van der Waals surface area contributed by atoms with E-state index in [9.17, 15) is 0 Å². The Labute approximate surface area is 106 Å². The summed E-state index contributed by atoms with van der Waals surface area (Å²) in [4.78, 5) is 2.52. The highest BCUT2D eigenvalue weighted by molar-refractivity contribution is 9.10. The molecule has 2 rings (SSSR count). The quantitative estimate of drug-likeness (QED) is 0.843. The summed E-state index contributed by atoms with van der Waals surface area (Å²) in [6, 6.07) is 6.05. The zero-order valence-corrected chi connectivity index (χ0v) is 11.2. The molecule has 0 amide bonds. The van der Waals surface area contributed by atoms with Crippen molar-refractivity contribution in [1.29, 1.82) is 0 Å². The van der Waals surface area contributed by atoms with Crippen LogP contribution in [-0.4, -0.2) is 18.0 Å². The molecule has 0 bridgehead atoms. The lowest BCUT2D eigenvalue weighted by atomic mass is 10.1. The Morgan fingerprint density at radius 1 is 1.12 bits per heavy atom. The van der Waals surface area contributed by atoms with Gasteiger partial charge in [0.05, 0.1) is 0 Å². The Hall–Kier alpha value is -0.540. The summed E-state index contributed by atoms with van der Waals surface area (Å²) in [5.41, 5.74) is 8.16. The molecule has 1 saturated heterocycles. The third kappa shape index (κ3) is 2.98. The molecule has 1 aromatic rings. The molecule has 1 aliphatic rings. The van der Waals surface area contributed by atoms with Crippen molar-refractivity contribution in [2.24, 2.45) is 0 Å². The lowest BCUT2D eigenvalue weighted by Crippen LogP contribution is -2.24. The minimum absolute atomic E-state index is 0.902. The normalized spacial score (nSPS) is 18.3. The van der Waals surface area contributed by atoms with Crippen LogP contribution >= 0.6 is 15.9 Å². The van der Waals surface area contributed by atoms with Crippen molar-refractivity contribution in [2.45, 2.75) is 32.2 Å². The van der Waals surface area contributed by atoms with Gasteiger partial charge in [-0.25, -0.2) is 0 Å². The molecule has 0 spiro atoms. The fraction of sp³-hybridized carbons (Fsp3) is 0.538. The van der Waals surface area contributed by atoms with Crippen molar-refractivity contribution in [3.05, 3.63) is 28.2 Å². The van der Waals surface area contributed by atoms with Crippen molar-refractivity contribution in [2.75, 3.05) is 18.8 Å². The van der Waals surface area contributed by atoms with E-state index in [1.54, 1.807) is 0 Å².